The van der Waals surface area contributed by atoms with Gasteiger partial charge in [0.15, 0.2) is 0 Å². The Morgan fingerprint density at radius 1 is 1.12 bits per heavy atom. The Morgan fingerprint density at radius 2 is 1.81 bits per heavy atom. The van der Waals surface area contributed by atoms with Crippen LogP contribution in [0.3, 0.4) is 0 Å². The molecule has 0 atom stereocenters. The first-order valence-electron chi connectivity index (χ1n) is 9.41. The number of halogens is 1. The summed E-state index contributed by atoms with van der Waals surface area (Å²) in [6.07, 6.45) is 2.31. The number of piperidine rings is 1. The fraction of sp³-hybridized carbons (Fsp3) is 0.409. The monoisotopic (exact) mass is 354 g/mol. The minimum Gasteiger partial charge on any atom is -0.356 e. The molecule has 26 heavy (non-hydrogen) atoms. The molecular formula is C22H27FN2O. The average Bonchev–Trinajstić information content (AvgIpc) is 2.66. The van der Waals surface area contributed by atoms with Gasteiger partial charge in [0.25, 0.3) is 0 Å². The van der Waals surface area contributed by atoms with Gasteiger partial charge in [-0.25, -0.2) is 4.39 Å². The third-order valence-electron chi connectivity index (χ3n) is 5.14. The predicted molar refractivity (Wildman–Crippen MR) is 102 cm³/mol. The van der Waals surface area contributed by atoms with E-state index in [-0.39, 0.29) is 17.6 Å². The van der Waals surface area contributed by atoms with E-state index in [1.165, 1.54) is 17.2 Å². The summed E-state index contributed by atoms with van der Waals surface area (Å²) in [6.45, 7) is 5.42. The van der Waals surface area contributed by atoms with Gasteiger partial charge >= 0.3 is 0 Å². The van der Waals surface area contributed by atoms with Crippen LogP contribution in [-0.2, 0) is 17.8 Å². The molecule has 3 rings (SSSR count). The van der Waals surface area contributed by atoms with E-state index in [0.717, 1.165) is 32.5 Å². The number of hydrogen-bond donors (Lipinski definition) is 1. The normalized spacial score (nSPS) is 15.8. The maximum atomic E-state index is 13.6. The molecular weight excluding hydrogens is 327 g/mol. The van der Waals surface area contributed by atoms with E-state index in [9.17, 15) is 9.18 Å². The largest absolute Gasteiger partial charge is 0.356 e. The van der Waals surface area contributed by atoms with Crippen LogP contribution in [0.1, 0.15) is 29.5 Å². The number of likely N-dealkylation sites (tertiary alicyclic amines) is 1. The molecule has 1 N–H and O–H groups in total. The number of nitrogens with one attached hydrogen (secondary N) is 1. The molecule has 0 radical (unpaired) electrons. The van der Waals surface area contributed by atoms with E-state index in [1.807, 2.05) is 6.07 Å². The van der Waals surface area contributed by atoms with Crippen LogP contribution in [0.2, 0.25) is 0 Å². The maximum Gasteiger partial charge on any atom is 0.223 e. The molecule has 1 aliphatic rings. The quantitative estimate of drug-likeness (QED) is 0.858. The highest BCUT2D eigenvalue weighted by Gasteiger charge is 2.24. The van der Waals surface area contributed by atoms with Crippen molar-refractivity contribution >= 4 is 5.91 Å². The van der Waals surface area contributed by atoms with Gasteiger partial charge in [0.05, 0.1) is 0 Å². The Hall–Kier alpha value is -2.20. The smallest absolute Gasteiger partial charge is 0.223 e. The second kappa shape index (κ2) is 8.95. The molecule has 0 spiro atoms. The van der Waals surface area contributed by atoms with Crippen LogP contribution in [0.25, 0.3) is 0 Å². The summed E-state index contributed by atoms with van der Waals surface area (Å²) in [5.41, 5.74) is 3.25. The van der Waals surface area contributed by atoms with Crippen molar-refractivity contribution in [1.82, 2.24) is 10.2 Å². The minimum absolute atomic E-state index is 0.0740. The molecule has 0 bridgehead atoms. The molecule has 4 heteroatoms. The number of rotatable bonds is 6. The number of benzene rings is 2. The van der Waals surface area contributed by atoms with Crippen molar-refractivity contribution in [3.8, 4) is 0 Å². The molecule has 1 aliphatic heterocycles. The number of amides is 1. The van der Waals surface area contributed by atoms with Crippen molar-refractivity contribution in [1.29, 1.82) is 0 Å². The zero-order valence-corrected chi connectivity index (χ0v) is 15.4. The van der Waals surface area contributed by atoms with Gasteiger partial charge in [-0.2, -0.15) is 0 Å². The zero-order valence-electron chi connectivity index (χ0n) is 15.4. The van der Waals surface area contributed by atoms with Crippen LogP contribution in [-0.4, -0.2) is 30.4 Å². The number of hydrogen-bond acceptors (Lipinski definition) is 2. The van der Waals surface area contributed by atoms with Gasteiger partial charge in [-0.05, 0) is 56.5 Å². The van der Waals surface area contributed by atoms with E-state index in [4.69, 9.17) is 0 Å². The van der Waals surface area contributed by atoms with Gasteiger partial charge in [-0.1, -0.05) is 48.0 Å². The van der Waals surface area contributed by atoms with Gasteiger partial charge in [-0.3, -0.25) is 9.69 Å². The van der Waals surface area contributed by atoms with Crippen LogP contribution in [0.5, 0.6) is 0 Å². The van der Waals surface area contributed by atoms with Gasteiger partial charge in [0, 0.05) is 19.0 Å². The summed E-state index contributed by atoms with van der Waals surface area (Å²) in [5, 5.41) is 2.97. The van der Waals surface area contributed by atoms with Crippen LogP contribution < -0.4 is 5.32 Å². The Kier molecular flexibility index (Phi) is 6.40. The van der Waals surface area contributed by atoms with E-state index in [2.05, 4.69) is 41.4 Å². The first-order chi connectivity index (χ1) is 12.6. The second-order valence-electron chi connectivity index (χ2n) is 7.17. The van der Waals surface area contributed by atoms with Crippen LogP contribution in [0.15, 0.2) is 48.5 Å². The molecule has 1 fully saturated rings. The van der Waals surface area contributed by atoms with Gasteiger partial charge < -0.3 is 5.32 Å². The fourth-order valence-electron chi connectivity index (χ4n) is 3.47. The molecule has 1 heterocycles. The summed E-state index contributed by atoms with van der Waals surface area (Å²) in [6, 6.07) is 15.4. The lowest BCUT2D eigenvalue weighted by Gasteiger charge is -2.31. The Bertz CT molecular complexity index is 721. The fourth-order valence-corrected chi connectivity index (χ4v) is 3.47. The van der Waals surface area contributed by atoms with E-state index >= 15 is 0 Å². The SMILES string of the molecule is Cc1ccc(CN2CCC(C(=O)NCCc3ccccc3F)CC2)cc1. The molecule has 2 aromatic rings. The van der Waals surface area contributed by atoms with Gasteiger partial charge in [-0.15, -0.1) is 0 Å². The predicted octanol–water partition coefficient (Wildman–Crippen LogP) is 3.71. The summed E-state index contributed by atoms with van der Waals surface area (Å²) in [4.78, 5) is 14.8. The topological polar surface area (TPSA) is 32.3 Å². The molecule has 0 aromatic heterocycles. The van der Waals surface area contributed by atoms with Gasteiger partial charge in [0.2, 0.25) is 5.91 Å². The maximum absolute atomic E-state index is 13.6. The van der Waals surface area contributed by atoms with Crippen molar-refractivity contribution in [3.05, 3.63) is 71.0 Å². The molecule has 1 saturated heterocycles. The lowest BCUT2D eigenvalue weighted by molar-refractivity contribution is -0.126. The highest BCUT2D eigenvalue weighted by molar-refractivity contribution is 5.78. The lowest BCUT2D eigenvalue weighted by Crippen LogP contribution is -2.40. The number of nitrogens with zero attached hydrogens (tertiary/aromatic N) is 1. The van der Waals surface area contributed by atoms with E-state index < -0.39 is 0 Å². The van der Waals surface area contributed by atoms with E-state index in [0.29, 0.717) is 18.5 Å². The molecule has 138 valence electrons. The minimum atomic E-state index is -0.203. The molecule has 2 aromatic carbocycles. The third kappa shape index (κ3) is 5.15. The molecule has 3 nitrogen and oxygen atoms in total. The summed E-state index contributed by atoms with van der Waals surface area (Å²) in [7, 11) is 0. The third-order valence-corrected chi connectivity index (χ3v) is 5.14. The van der Waals surface area contributed by atoms with E-state index in [1.54, 1.807) is 12.1 Å². The standard InChI is InChI=1S/C22H27FN2O/c1-17-6-8-18(9-7-17)16-25-14-11-20(12-15-25)22(26)24-13-10-19-4-2-3-5-21(19)23/h2-9,20H,10-16H2,1H3,(H,24,26). The van der Waals surface area contributed by atoms with Crippen molar-refractivity contribution < 1.29 is 9.18 Å². The first-order valence-corrected chi connectivity index (χ1v) is 9.41. The average molecular weight is 354 g/mol. The van der Waals surface area contributed by atoms with Crippen LogP contribution in [0, 0.1) is 18.7 Å². The van der Waals surface area contributed by atoms with Crippen molar-refractivity contribution in [2.24, 2.45) is 5.92 Å². The molecule has 1 amide bonds. The second-order valence-corrected chi connectivity index (χ2v) is 7.17. The summed E-state index contributed by atoms with van der Waals surface area (Å²) in [5.74, 6) is -0.0209. The number of carbonyl (C=O) groups is 1. The molecule has 0 unspecified atom stereocenters. The first kappa shape index (κ1) is 18.6. The highest BCUT2D eigenvalue weighted by atomic mass is 19.1. The molecule has 0 aliphatic carbocycles. The Morgan fingerprint density at radius 3 is 2.50 bits per heavy atom. The Labute approximate surface area is 155 Å². The van der Waals surface area contributed by atoms with Crippen molar-refractivity contribution in [2.45, 2.75) is 32.7 Å². The van der Waals surface area contributed by atoms with Gasteiger partial charge in [0.1, 0.15) is 5.82 Å². The summed E-state index contributed by atoms with van der Waals surface area (Å²) >= 11 is 0. The lowest BCUT2D eigenvalue weighted by atomic mass is 9.95. The van der Waals surface area contributed by atoms with Crippen LogP contribution in [0.4, 0.5) is 4.39 Å². The number of aryl methyl sites for hydroxylation is 1. The van der Waals surface area contributed by atoms with Crippen molar-refractivity contribution in [3.63, 3.8) is 0 Å². The molecule has 0 saturated carbocycles. The summed E-state index contributed by atoms with van der Waals surface area (Å²) < 4.78 is 13.6. The zero-order chi connectivity index (χ0) is 18.4. The number of carbonyl (C=O) groups excluding carboxylic acids is 1. The highest BCUT2D eigenvalue weighted by Crippen LogP contribution is 2.19. The Balaban J connectivity index is 1.39. The van der Waals surface area contributed by atoms with Crippen LogP contribution >= 0.6 is 0 Å². The van der Waals surface area contributed by atoms with Crippen molar-refractivity contribution in [2.75, 3.05) is 19.6 Å².